The van der Waals surface area contributed by atoms with Gasteiger partial charge in [0.25, 0.3) is 0 Å². The van der Waals surface area contributed by atoms with Crippen LogP contribution in [0.5, 0.6) is 0 Å². The van der Waals surface area contributed by atoms with Crippen LogP contribution in [0.2, 0.25) is 50.9 Å². The molecule has 184 valence electrons. The molecule has 3 atom stereocenters. The second-order valence-electron chi connectivity index (χ2n) is 11.2. The fraction of sp³-hybridized carbons (Fsp3) is 0.870. The van der Waals surface area contributed by atoms with Crippen LogP contribution in [0, 0.1) is 5.92 Å². The number of carbonyl (C=O) groups excluding carboxylic acids is 1. The molecule has 0 aromatic rings. The highest BCUT2D eigenvalue weighted by molar-refractivity contribution is 6.77. The molecule has 0 bridgehead atoms. The van der Waals surface area contributed by atoms with Crippen LogP contribution in [-0.4, -0.2) is 72.7 Å². The van der Waals surface area contributed by atoms with Crippen molar-refractivity contribution in [1.29, 1.82) is 0 Å². The number of carbonyl (C=O) groups is 1. The zero-order valence-electron chi connectivity index (χ0n) is 21.6. The number of methoxy groups -OCH3 is 1. The van der Waals surface area contributed by atoms with Crippen LogP contribution in [0.1, 0.15) is 27.2 Å². The molecule has 0 spiro atoms. The lowest BCUT2D eigenvalue weighted by Crippen LogP contribution is -2.41. The Balaban J connectivity index is 4.99. The summed E-state index contributed by atoms with van der Waals surface area (Å²) in [6.07, 6.45) is 3.32. The summed E-state index contributed by atoms with van der Waals surface area (Å²) in [5.41, 5.74) is -0.355. The number of hydrogen-bond acceptors (Lipinski definition) is 6. The van der Waals surface area contributed by atoms with Crippen molar-refractivity contribution in [2.24, 2.45) is 5.92 Å². The summed E-state index contributed by atoms with van der Waals surface area (Å²) in [7, 11) is -1.33. The van der Waals surface area contributed by atoms with Crippen molar-refractivity contribution in [2.45, 2.75) is 89.8 Å². The van der Waals surface area contributed by atoms with Gasteiger partial charge in [0.1, 0.15) is 6.79 Å². The molecule has 31 heavy (non-hydrogen) atoms. The molecule has 0 aliphatic heterocycles. The van der Waals surface area contributed by atoms with Gasteiger partial charge in [-0.1, -0.05) is 58.4 Å². The molecule has 0 unspecified atom stereocenters. The van der Waals surface area contributed by atoms with E-state index < -0.39 is 33.8 Å². The van der Waals surface area contributed by atoms with Crippen molar-refractivity contribution >= 4 is 22.1 Å². The lowest BCUT2D eigenvalue weighted by atomic mass is 9.97. The highest BCUT2D eigenvalue weighted by Gasteiger charge is 2.39. The Hall–Kier alpha value is -0.516. The topological polar surface area (TPSA) is 74.2 Å². The van der Waals surface area contributed by atoms with Crippen LogP contribution < -0.4 is 0 Å². The third-order valence-electron chi connectivity index (χ3n) is 5.55. The number of rotatable bonds is 16. The molecular formula is C23H48O6Si2. The Bertz CT molecular complexity index is 537. The van der Waals surface area contributed by atoms with Crippen molar-refractivity contribution < 1.29 is 28.8 Å². The van der Waals surface area contributed by atoms with Crippen LogP contribution in [-0.2, 0) is 23.7 Å². The third kappa shape index (κ3) is 14.3. The highest BCUT2D eigenvalue weighted by atomic mass is 28.3. The first-order chi connectivity index (χ1) is 14.1. The van der Waals surface area contributed by atoms with E-state index in [2.05, 4.69) is 46.2 Å². The van der Waals surface area contributed by atoms with Crippen LogP contribution in [0.4, 0.5) is 0 Å². The molecule has 0 fully saturated rings. The van der Waals surface area contributed by atoms with Crippen molar-refractivity contribution in [2.75, 3.05) is 33.7 Å². The maximum absolute atomic E-state index is 12.9. The SMILES string of the molecule is COCCOCOC(C)(C)C/C=C/[C@@H](O)[C@@H](C(=O)OCC[Si](C)(C)C)[C@@H](C)[Si](C)(C)C. The van der Waals surface area contributed by atoms with E-state index >= 15 is 0 Å². The Labute approximate surface area is 192 Å². The fourth-order valence-corrected chi connectivity index (χ4v) is 4.93. The summed E-state index contributed by atoms with van der Waals surface area (Å²) in [5, 5.41) is 10.9. The second kappa shape index (κ2) is 13.9. The Morgan fingerprint density at radius 2 is 1.68 bits per heavy atom. The average Bonchev–Trinajstić information content (AvgIpc) is 2.59. The monoisotopic (exact) mass is 476 g/mol. The van der Waals surface area contributed by atoms with Crippen LogP contribution >= 0.6 is 0 Å². The van der Waals surface area contributed by atoms with Crippen LogP contribution in [0.25, 0.3) is 0 Å². The standard InChI is InChI=1S/C23H48O6Si2/c1-19(31(8,9)10)21(22(25)28-16-17-30(5,6)7)20(24)12-11-13-23(2,3)29-18-27-15-14-26-4/h11-12,19-21,24H,13-18H2,1-10H3/b12-11+/t19-,20-,21+/m1/s1. The number of aliphatic hydroxyl groups excluding tert-OH is 1. The van der Waals surface area contributed by atoms with Gasteiger partial charge in [-0.05, 0) is 31.9 Å². The predicted molar refractivity (Wildman–Crippen MR) is 133 cm³/mol. The lowest BCUT2D eigenvalue weighted by Gasteiger charge is -2.33. The molecule has 0 aromatic carbocycles. The Kier molecular flexibility index (Phi) is 13.7. The van der Waals surface area contributed by atoms with E-state index in [0.29, 0.717) is 26.2 Å². The van der Waals surface area contributed by atoms with Crippen molar-refractivity contribution in [3.05, 3.63) is 12.2 Å². The van der Waals surface area contributed by atoms with E-state index in [0.717, 1.165) is 6.04 Å². The molecule has 6 nitrogen and oxygen atoms in total. The number of hydrogen-bond donors (Lipinski definition) is 1. The summed E-state index contributed by atoms with van der Waals surface area (Å²) < 4.78 is 21.7. The smallest absolute Gasteiger partial charge is 0.311 e. The first-order valence-corrected chi connectivity index (χ1v) is 18.6. The number of ether oxygens (including phenoxy) is 4. The minimum absolute atomic E-state index is 0.0879. The lowest BCUT2D eigenvalue weighted by molar-refractivity contribution is -0.151. The molecule has 0 saturated carbocycles. The van der Waals surface area contributed by atoms with Gasteiger partial charge in [-0.25, -0.2) is 0 Å². The van der Waals surface area contributed by atoms with Gasteiger partial charge >= 0.3 is 5.97 Å². The van der Waals surface area contributed by atoms with Crippen LogP contribution in [0.3, 0.4) is 0 Å². The summed E-state index contributed by atoms with van der Waals surface area (Å²) in [5.74, 6) is -0.835. The van der Waals surface area contributed by atoms with E-state index in [1.165, 1.54) is 0 Å². The second-order valence-corrected chi connectivity index (χ2v) is 22.5. The molecule has 0 amide bonds. The summed E-state index contributed by atoms with van der Waals surface area (Å²) in [6, 6.07) is 0.927. The average molecular weight is 477 g/mol. The first kappa shape index (κ1) is 30.5. The van der Waals surface area contributed by atoms with Crippen LogP contribution in [0.15, 0.2) is 12.2 Å². The largest absolute Gasteiger partial charge is 0.466 e. The number of esters is 1. The Morgan fingerprint density at radius 1 is 1.06 bits per heavy atom. The Morgan fingerprint density at radius 3 is 2.19 bits per heavy atom. The molecular weight excluding hydrogens is 428 g/mol. The molecule has 0 aromatic heterocycles. The first-order valence-electron chi connectivity index (χ1n) is 11.3. The quantitative estimate of drug-likeness (QED) is 0.112. The van der Waals surface area contributed by atoms with Crippen molar-refractivity contribution in [3.8, 4) is 0 Å². The zero-order valence-corrected chi connectivity index (χ0v) is 23.6. The van der Waals surface area contributed by atoms with Gasteiger partial charge in [-0.3, -0.25) is 4.79 Å². The molecule has 0 aliphatic rings. The minimum atomic E-state index is -1.67. The highest BCUT2D eigenvalue weighted by Crippen LogP contribution is 2.33. The predicted octanol–water partition coefficient (Wildman–Crippen LogP) is 4.94. The molecule has 0 radical (unpaired) electrons. The molecule has 1 N–H and O–H groups in total. The fourth-order valence-electron chi connectivity index (χ4n) is 2.80. The summed E-state index contributed by atoms with van der Waals surface area (Å²) in [6.45, 7) is 21.1. The maximum atomic E-state index is 12.9. The molecule has 0 saturated heterocycles. The molecule has 8 heteroatoms. The number of aliphatic hydroxyl groups is 1. The third-order valence-corrected chi connectivity index (χ3v) is 10.3. The van der Waals surface area contributed by atoms with E-state index in [4.69, 9.17) is 18.9 Å². The zero-order chi connectivity index (χ0) is 24.3. The normalized spacial score (nSPS) is 16.4. The van der Waals surface area contributed by atoms with Gasteiger partial charge in [0, 0.05) is 23.3 Å². The summed E-state index contributed by atoms with van der Waals surface area (Å²) >= 11 is 0. The molecule has 0 aliphatic carbocycles. The van der Waals surface area contributed by atoms with E-state index in [1.54, 1.807) is 13.2 Å². The van der Waals surface area contributed by atoms with Gasteiger partial charge in [0.2, 0.25) is 0 Å². The van der Waals surface area contributed by atoms with Crippen molar-refractivity contribution in [1.82, 2.24) is 0 Å². The van der Waals surface area contributed by atoms with Gasteiger partial charge in [-0.15, -0.1) is 0 Å². The van der Waals surface area contributed by atoms with E-state index in [9.17, 15) is 9.90 Å². The molecule has 0 heterocycles. The van der Waals surface area contributed by atoms with Gasteiger partial charge < -0.3 is 24.1 Å². The minimum Gasteiger partial charge on any atom is -0.466 e. The van der Waals surface area contributed by atoms with Gasteiger partial charge in [0.05, 0.1) is 37.4 Å². The molecule has 0 rings (SSSR count). The van der Waals surface area contributed by atoms with Gasteiger partial charge in [0.15, 0.2) is 0 Å². The summed E-state index contributed by atoms with van der Waals surface area (Å²) in [4.78, 5) is 12.9. The van der Waals surface area contributed by atoms with E-state index in [1.807, 2.05) is 19.9 Å². The van der Waals surface area contributed by atoms with Gasteiger partial charge in [-0.2, -0.15) is 0 Å². The van der Waals surface area contributed by atoms with E-state index in [-0.39, 0.29) is 18.3 Å². The van der Waals surface area contributed by atoms with Crippen molar-refractivity contribution in [3.63, 3.8) is 0 Å². The maximum Gasteiger partial charge on any atom is 0.311 e.